The molecule has 4 atom stereocenters. The Balaban J connectivity index is 1.74. The molecule has 3 fully saturated rings. The molecule has 104 valence electrons. The Labute approximate surface area is 112 Å². The Hall–Kier alpha value is -0.0400. The van der Waals surface area contributed by atoms with E-state index in [2.05, 4.69) is 20.8 Å². The van der Waals surface area contributed by atoms with Crippen molar-refractivity contribution in [2.24, 2.45) is 28.6 Å². The molecule has 1 N–H and O–H groups in total. The van der Waals surface area contributed by atoms with Crippen LogP contribution in [0, 0.1) is 28.6 Å². The lowest BCUT2D eigenvalue weighted by Crippen LogP contribution is -2.38. The molecule has 18 heavy (non-hydrogen) atoms. The second-order valence-corrected chi connectivity index (χ2v) is 8.13. The SMILES string of the molecule is CC1(C)[C@H]2CC[C@]1(C)[C@@H](O)[C@@H]2CC1CCCCC1. The average molecular weight is 250 g/mol. The van der Waals surface area contributed by atoms with Crippen LogP contribution in [0.5, 0.6) is 0 Å². The van der Waals surface area contributed by atoms with E-state index >= 15 is 0 Å². The number of fused-ring (bicyclic) bond motifs is 2. The molecule has 0 aromatic carbocycles. The van der Waals surface area contributed by atoms with Gasteiger partial charge in [0.2, 0.25) is 0 Å². The van der Waals surface area contributed by atoms with E-state index in [1.165, 1.54) is 51.4 Å². The number of rotatable bonds is 2. The van der Waals surface area contributed by atoms with Gasteiger partial charge in [0, 0.05) is 0 Å². The van der Waals surface area contributed by atoms with Crippen molar-refractivity contribution in [1.29, 1.82) is 0 Å². The standard InChI is InChI=1S/C17H30O/c1-16(2)14-9-10-17(16,3)15(18)13(14)11-12-7-5-4-6-8-12/h12-15,18H,4-11H2,1-3H3/t13-,14+,15+,17-/m1/s1. The fourth-order valence-electron chi connectivity index (χ4n) is 5.63. The van der Waals surface area contributed by atoms with Crippen molar-refractivity contribution in [2.45, 2.75) is 78.2 Å². The number of hydrogen-bond acceptors (Lipinski definition) is 1. The summed E-state index contributed by atoms with van der Waals surface area (Å²) in [5.41, 5.74) is 0.544. The van der Waals surface area contributed by atoms with Gasteiger partial charge in [-0.2, -0.15) is 0 Å². The highest BCUT2D eigenvalue weighted by molar-refractivity contribution is 5.14. The van der Waals surface area contributed by atoms with Crippen molar-refractivity contribution < 1.29 is 5.11 Å². The maximum absolute atomic E-state index is 10.8. The van der Waals surface area contributed by atoms with Gasteiger partial charge in [-0.15, -0.1) is 0 Å². The van der Waals surface area contributed by atoms with Crippen molar-refractivity contribution in [3.63, 3.8) is 0 Å². The molecule has 0 aromatic rings. The summed E-state index contributed by atoms with van der Waals surface area (Å²) in [5.74, 6) is 2.29. The third-order valence-electron chi connectivity index (χ3n) is 7.28. The minimum absolute atomic E-state index is 0.0341. The molecule has 1 nitrogen and oxygen atoms in total. The first-order valence-corrected chi connectivity index (χ1v) is 8.15. The first-order valence-electron chi connectivity index (χ1n) is 8.15. The van der Waals surface area contributed by atoms with Gasteiger partial charge in [-0.1, -0.05) is 52.9 Å². The second-order valence-electron chi connectivity index (χ2n) is 8.13. The number of aliphatic hydroxyl groups excluding tert-OH is 1. The smallest absolute Gasteiger partial charge is 0.0630 e. The maximum atomic E-state index is 10.8. The van der Waals surface area contributed by atoms with Crippen LogP contribution in [0.15, 0.2) is 0 Å². The molecular weight excluding hydrogens is 220 g/mol. The van der Waals surface area contributed by atoms with Crippen LogP contribution in [-0.2, 0) is 0 Å². The molecule has 0 radical (unpaired) electrons. The predicted molar refractivity (Wildman–Crippen MR) is 75.3 cm³/mol. The molecule has 3 aliphatic carbocycles. The lowest BCUT2D eigenvalue weighted by molar-refractivity contribution is -0.0169. The average Bonchev–Trinajstić information content (AvgIpc) is 2.65. The van der Waals surface area contributed by atoms with Crippen LogP contribution in [-0.4, -0.2) is 11.2 Å². The fraction of sp³-hybridized carbons (Fsp3) is 1.00. The Morgan fingerprint density at radius 1 is 1.00 bits per heavy atom. The summed E-state index contributed by atoms with van der Waals surface area (Å²) >= 11 is 0. The van der Waals surface area contributed by atoms with E-state index < -0.39 is 0 Å². The van der Waals surface area contributed by atoms with Crippen LogP contribution in [0.25, 0.3) is 0 Å². The van der Waals surface area contributed by atoms with E-state index in [1.807, 2.05) is 0 Å². The van der Waals surface area contributed by atoms with Gasteiger partial charge in [-0.3, -0.25) is 0 Å². The van der Waals surface area contributed by atoms with Gasteiger partial charge < -0.3 is 5.11 Å². The topological polar surface area (TPSA) is 20.2 Å². The van der Waals surface area contributed by atoms with Crippen LogP contribution >= 0.6 is 0 Å². The molecule has 0 heterocycles. The van der Waals surface area contributed by atoms with Crippen LogP contribution < -0.4 is 0 Å². The van der Waals surface area contributed by atoms with Gasteiger partial charge in [0.1, 0.15) is 0 Å². The monoisotopic (exact) mass is 250 g/mol. The molecule has 3 saturated carbocycles. The quantitative estimate of drug-likeness (QED) is 0.770. The fourth-order valence-corrected chi connectivity index (χ4v) is 5.63. The van der Waals surface area contributed by atoms with Gasteiger partial charge in [-0.25, -0.2) is 0 Å². The summed E-state index contributed by atoms with van der Waals surface area (Å²) < 4.78 is 0. The minimum Gasteiger partial charge on any atom is -0.392 e. The van der Waals surface area contributed by atoms with E-state index in [1.54, 1.807) is 0 Å². The molecule has 0 aromatic heterocycles. The van der Waals surface area contributed by atoms with Crippen LogP contribution in [0.1, 0.15) is 72.1 Å². The summed E-state index contributed by atoms with van der Waals surface area (Å²) in [6.07, 6.45) is 11.0. The van der Waals surface area contributed by atoms with E-state index in [-0.39, 0.29) is 11.5 Å². The van der Waals surface area contributed by atoms with Crippen molar-refractivity contribution in [2.75, 3.05) is 0 Å². The zero-order chi connectivity index (χ0) is 13.0. The summed E-state index contributed by atoms with van der Waals surface area (Å²) in [4.78, 5) is 0. The predicted octanol–water partition coefficient (Wildman–Crippen LogP) is 4.39. The molecule has 0 saturated heterocycles. The summed E-state index contributed by atoms with van der Waals surface area (Å²) in [6.45, 7) is 7.17. The highest BCUT2D eigenvalue weighted by Gasteiger charge is 2.65. The molecule has 0 unspecified atom stereocenters. The molecule has 3 aliphatic rings. The van der Waals surface area contributed by atoms with Crippen molar-refractivity contribution in [1.82, 2.24) is 0 Å². The normalized spacial score (nSPS) is 47.7. The second kappa shape index (κ2) is 4.23. The molecule has 1 heteroatoms. The summed E-state index contributed by atoms with van der Waals surface area (Å²) in [6, 6.07) is 0. The third kappa shape index (κ3) is 1.62. The Morgan fingerprint density at radius 2 is 1.67 bits per heavy atom. The molecule has 0 spiro atoms. The largest absolute Gasteiger partial charge is 0.392 e. The molecule has 0 amide bonds. The van der Waals surface area contributed by atoms with Crippen LogP contribution in [0.3, 0.4) is 0 Å². The lowest BCUT2D eigenvalue weighted by atomic mass is 9.70. The first kappa shape index (κ1) is 13.0. The van der Waals surface area contributed by atoms with Crippen LogP contribution in [0.2, 0.25) is 0 Å². The highest BCUT2D eigenvalue weighted by atomic mass is 16.3. The Kier molecular flexibility index (Phi) is 3.05. The zero-order valence-electron chi connectivity index (χ0n) is 12.4. The van der Waals surface area contributed by atoms with Gasteiger partial charge in [0.05, 0.1) is 6.10 Å². The zero-order valence-corrected chi connectivity index (χ0v) is 12.4. The third-order valence-corrected chi connectivity index (χ3v) is 7.28. The van der Waals surface area contributed by atoms with Gasteiger partial charge in [0.25, 0.3) is 0 Å². The molecule has 2 bridgehead atoms. The van der Waals surface area contributed by atoms with Crippen LogP contribution in [0.4, 0.5) is 0 Å². The Bertz CT molecular complexity index is 316. The molecule has 3 rings (SSSR count). The van der Waals surface area contributed by atoms with E-state index in [4.69, 9.17) is 0 Å². The number of hydrogen-bond donors (Lipinski definition) is 1. The van der Waals surface area contributed by atoms with Crippen molar-refractivity contribution >= 4 is 0 Å². The summed E-state index contributed by atoms with van der Waals surface area (Å²) in [7, 11) is 0. The van der Waals surface area contributed by atoms with E-state index in [0.717, 1.165) is 11.8 Å². The molecular formula is C17H30O. The minimum atomic E-state index is -0.0341. The van der Waals surface area contributed by atoms with Gasteiger partial charge >= 0.3 is 0 Å². The lowest BCUT2D eigenvalue weighted by Gasteiger charge is -2.38. The highest BCUT2D eigenvalue weighted by Crippen LogP contribution is 2.68. The number of aliphatic hydroxyl groups is 1. The van der Waals surface area contributed by atoms with E-state index in [0.29, 0.717) is 11.3 Å². The van der Waals surface area contributed by atoms with E-state index in [9.17, 15) is 5.11 Å². The van der Waals surface area contributed by atoms with Gasteiger partial charge in [0.15, 0.2) is 0 Å². The Morgan fingerprint density at radius 3 is 2.22 bits per heavy atom. The first-order chi connectivity index (χ1) is 8.47. The summed E-state index contributed by atoms with van der Waals surface area (Å²) in [5, 5.41) is 10.8. The van der Waals surface area contributed by atoms with Gasteiger partial charge in [-0.05, 0) is 47.8 Å². The molecule has 0 aliphatic heterocycles. The van der Waals surface area contributed by atoms with Crippen molar-refractivity contribution in [3.8, 4) is 0 Å². The maximum Gasteiger partial charge on any atom is 0.0630 e. The van der Waals surface area contributed by atoms with Crippen molar-refractivity contribution in [3.05, 3.63) is 0 Å².